The number of aromatic nitrogens is 4. The number of halogens is 3. The summed E-state index contributed by atoms with van der Waals surface area (Å²) in [6.45, 7) is 3.97. The summed E-state index contributed by atoms with van der Waals surface area (Å²) in [5.74, 6) is 0.214. The fourth-order valence-corrected chi connectivity index (χ4v) is 3.14. The molecule has 2 aromatic heterocycles. The zero-order valence-electron chi connectivity index (χ0n) is 14.1. The van der Waals surface area contributed by atoms with Gasteiger partial charge in [-0.3, -0.25) is 14.2 Å². The lowest BCUT2D eigenvalue weighted by Crippen LogP contribution is -2.40. The van der Waals surface area contributed by atoms with Crippen LogP contribution in [0.15, 0.2) is 47.3 Å². The fourth-order valence-electron chi connectivity index (χ4n) is 2.34. The van der Waals surface area contributed by atoms with Crippen LogP contribution < -0.4 is 5.32 Å². The summed E-state index contributed by atoms with van der Waals surface area (Å²) in [5.41, 5.74) is -0.0968. The smallest absolute Gasteiger partial charge is 0.252 e. The van der Waals surface area contributed by atoms with Crippen LogP contribution in [0.4, 0.5) is 5.82 Å². The average Bonchev–Trinajstić information content (AvgIpc) is 3.20. The predicted molar refractivity (Wildman–Crippen MR) is 106 cm³/mol. The Labute approximate surface area is 169 Å². The number of rotatable bonds is 5. The minimum absolute atomic E-state index is 0.228. The van der Waals surface area contributed by atoms with Crippen LogP contribution in [0, 0.1) is 0 Å². The number of hydrogen-bond acceptors (Lipinski definition) is 3. The topological polar surface area (TPSA) is 64.7 Å². The summed E-state index contributed by atoms with van der Waals surface area (Å²) < 4.78 is 4.06. The highest BCUT2D eigenvalue weighted by Gasteiger charge is 2.31. The molecule has 9 heteroatoms. The van der Waals surface area contributed by atoms with E-state index in [-0.39, 0.29) is 5.91 Å². The standard InChI is InChI=1S/C17H16BrCl2N5O/c1-17(2,25-9-11(18)8-21-25)16(26)22-15-6-7-24(23-15)10-12-13(19)4-3-5-14(12)20/h3-9H,10H2,1-2H3,(H,22,23,26). The maximum absolute atomic E-state index is 12.6. The Hall–Kier alpha value is -1.83. The fraction of sp³-hybridized carbons (Fsp3) is 0.235. The molecule has 0 spiro atoms. The van der Waals surface area contributed by atoms with Gasteiger partial charge < -0.3 is 5.32 Å². The molecular weight excluding hydrogens is 441 g/mol. The molecular formula is C17H16BrCl2N5O. The van der Waals surface area contributed by atoms with Crippen molar-refractivity contribution in [1.82, 2.24) is 19.6 Å². The maximum Gasteiger partial charge on any atom is 0.252 e. The van der Waals surface area contributed by atoms with E-state index >= 15 is 0 Å². The third kappa shape index (κ3) is 3.95. The number of amides is 1. The molecule has 0 aliphatic rings. The van der Waals surface area contributed by atoms with Crippen LogP contribution in [0.5, 0.6) is 0 Å². The molecule has 0 aliphatic carbocycles. The van der Waals surface area contributed by atoms with Crippen molar-refractivity contribution in [2.45, 2.75) is 25.9 Å². The Kier molecular flexibility index (Phi) is 5.41. The van der Waals surface area contributed by atoms with Gasteiger partial charge in [-0.25, -0.2) is 0 Å². The Bertz CT molecular complexity index is 930. The zero-order valence-corrected chi connectivity index (χ0v) is 17.2. The molecule has 0 saturated carbocycles. The highest BCUT2D eigenvalue weighted by molar-refractivity contribution is 9.10. The van der Waals surface area contributed by atoms with Crippen LogP contribution in [0.3, 0.4) is 0 Å². The molecule has 0 radical (unpaired) electrons. The van der Waals surface area contributed by atoms with Crippen LogP contribution in [-0.4, -0.2) is 25.5 Å². The molecule has 2 heterocycles. The minimum Gasteiger partial charge on any atom is -0.307 e. The Morgan fingerprint density at radius 1 is 1.27 bits per heavy atom. The van der Waals surface area contributed by atoms with E-state index < -0.39 is 5.54 Å². The summed E-state index contributed by atoms with van der Waals surface area (Å²) >= 11 is 15.7. The summed E-state index contributed by atoms with van der Waals surface area (Å²) in [7, 11) is 0. The number of nitrogens with zero attached hydrogens (tertiary/aromatic N) is 4. The first-order valence-electron chi connectivity index (χ1n) is 7.76. The van der Waals surface area contributed by atoms with Gasteiger partial charge in [0.25, 0.3) is 5.91 Å². The zero-order chi connectivity index (χ0) is 18.9. The Balaban J connectivity index is 1.73. The van der Waals surface area contributed by atoms with Gasteiger partial charge in [-0.05, 0) is 41.9 Å². The van der Waals surface area contributed by atoms with Gasteiger partial charge in [0.1, 0.15) is 5.54 Å². The van der Waals surface area contributed by atoms with E-state index in [1.807, 2.05) is 0 Å². The normalized spacial score (nSPS) is 11.6. The third-order valence-corrected chi connectivity index (χ3v) is 5.06. The largest absolute Gasteiger partial charge is 0.307 e. The van der Waals surface area contributed by atoms with Crippen molar-refractivity contribution in [3.8, 4) is 0 Å². The summed E-state index contributed by atoms with van der Waals surface area (Å²) in [6, 6.07) is 7.07. The Morgan fingerprint density at radius 3 is 2.58 bits per heavy atom. The van der Waals surface area contributed by atoms with Crippen molar-refractivity contribution in [2.24, 2.45) is 0 Å². The molecule has 0 bridgehead atoms. The van der Waals surface area contributed by atoms with Gasteiger partial charge >= 0.3 is 0 Å². The van der Waals surface area contributed by atoms with E-state index in [1.54, 1.807) is 66.1 Å². The van der Waals surface area contributed by atoms with Gasteiger partial charge in [0, 0.05) is 34.1 Å². The van der Waals surface area contributed by atoms with Crippen LogP contribution in [0.2, 0.25) is 10.0 Å². The minimum atomic E-state index is -0.873. The number of nitrogens with one attached hydrogen (secondary N) is 1. The second-order valence-corrected chi connectivity index (χ2v) is 7.95. The molecule has 1 N–H and O–H groups in total. The van der Waals surface area contributed by atoms with Crippen molar-refractivity contribution in [1.29, 1.82) is 0 Å². The molecule has 0 unspecified atom stereocenters. The Morgan fingerprint density at radius 2 is 1.96 bits per heavy atom. The number of benzene rings is 1. The maximum atomic E-state index is 12.6. The van der Waals surface area contributed by atoms with Crippen molar-refractivity contribution < 1.29 is 4.79 Å². The molecule has 1 amide bonds. The lowest BCUT2D eigenvalue weighted by atomic mass is 10.1. The van der Waals surface area contributed by atoms with E-state index in [9.17, 15) is 4.79 Å². The monoisotopic (exact) mass is 455 g/mol. The average molecular weight is 457 g/mol. The molecule has 0 fully saturated rings. The highest BCUT2D eigenvalue weighted by atomic mass is 79.9. The van der Waals surface area contributed by atoms with Crippen LogP contribution in [0.1, 0.15) is 19.4 Å². The molecule has 3 aromatic rings. The second-order valence-electron chi connectivity index (χ2n) is 6.22. The van der Waals surface area contributed by atoms with E-state index in [1.165, 1.54) is 0 Å². The predicted octanol–water partition coefficient (Wildman–Crippen LogP) is 4.57. The van der Waals surface area contributed by atoms with E-state index in [4.69, 9.17) is 23.2 Å². The summed E-state index contributed by atoms with van der Waals surface area (Å²) in [6.07, 6.45) is 5.14. The molecule has 0 atom stereocenters. The molecule has 1 aromatic carbocycles. The highest BCUT2D eigenvalue weighted by Crippen LogP contribution is 2.25. The van der Waals surface area contributed by atoms with Gasteiger partial charge in [0.15, 0.2) is 5.82 Å². The lowest BCUT2D eigenvalue weighted by molar-refractivity contribution is -0.123. The van der Waals surface area contributed by atoms with E-state index in [0.717, 1.165) is 10.0 Å². The first-order valence-corrected chi connectivity index (χ1v) is 9.30. The van der Waals surface area contributed by atoms with E-state index in [0.29, 0.717) is 22.4 Å². The molecule has 26 heavy (non-hydrogen) atoms. The van der Waals surface area contributed by atoms with Crippen molar-refractivity contribution >= 4 is 50.9 Å². The number of hydrogen-bond donors (Lipinski definition) is 1. The number of carbonyl (C=O) groups excluding carboxylic acids is 1. The van der Waals surface area contributed by atoms with Gasteiger partial charge in [0.2, 0.25) is 0 Å². The third-order valence-electron chi connectivity index (χ3n) is 3.94. The van der Waals surface area contributed by atoms with Crippen molar-refractivity contribution in [2.75, 3.05) is 5.32 Å². The first-order chi connectivity index (χ1) is 12.3. The molecule has 6 nitrogen and oxygen atoms in total. The molecule has 3 rings (SSSR count). The second kappa shape index (κ2) is 7.42. The summed E-state index contributed by atoms with van der Waals surface area (Å²) in [5, 5.41) is 12.5. The van der Waals surface area contributed by atoms with Crippen molar-refractivity contribution in [3.05, 3.63) is 62.9 Å². The van der Waals surface area contributed by atoms with Crippen LogP contribution >= 0.6 is 39.1 Å². The number of anilines is 1. The van der Waals surface area contributed by atoms with Gasteiger partial charge in [0.05, 0.1) is 17.2 Å². The van der Waals surface area contributed by atoms with Gasteiger partial charge in [-0.15, -0.1) is 0 Å². The van der Waals surface area contributed by atoms with Crippen LogP contribution in [-0.2, 0) is 16.9 Å². The first kappa shape index (κ1) is 18.9. The lowest BCUT2D eigenvalue weighted by Gasteiger charge is -2.23. The SMILES string of the molecule is CC(C)(C(=O)Nc1ccn(Cc2c(Cl)cccc2Cl)n1)n1cc(Br)cn1. The molecule has 0 aliphatic heterocycles. The van der Waals surface area contributed by atoms with Gasteiger partial charge in [-0.2, -0.15) is 10.2 Å². The quantitative estimate of drug-likeness (QED) is 0.611. The van der Waals surface area contributed by atoms with Crippen LogP contribution in [0.25, 0.3) is 0 Å². The molecule has 0 saturated heterocycles. The van der Waals surface area contributed by atoms with E-state index in [2.05, 4.69) is 31.4 Å². The van der Waals surface area contributed by atoms with Gasteiger partial charge in [-0.1, -0.05) is 29.3 Å². The van der Waals surface area contributed by atoms with Crippen molar-refractivity contribution in [3.63, 3.8) is 0 Å². The number of carbonyl (C=O) groups is 1. The summed E-state index contributed by atoms with van der Waals surface area (Å²) in [4.78, 5) is 12.6. The molecule has 136 valence electrons.